The molecule has 1 fully saturated rings. The Hall–Kier alpha value is -3.72. The summed E-state index contributed by atoms with van der Waals surface area (Å²) in [6, 6.07) is 18.6. The summed E-state index contributed by atoms with van der Waals surface area (Å²) in [6.07, 6.45) is -2.83. The minimum atomic E-state index is -4.41. The Morgan fingerprint density at radius 3 is 2.33 bits per heavy atom. The number of fused-ring (bicyclic) bond motifs is 1. The number of alkyl halides is 3. The minimum Gasteiger partial charge on any atom is -0.365 e. The molecule has 2 aliphatic rings. The first kappa shape index (κ1) is 26.9. The minimum absolute atomic E-state index is 0.0786. The van der Waals surface area contributed by atoms with E-state index < -0.39 is 11.7 Å². The molecule has 3 aromatic rings. The van der Waals surface area contributed by atoms with Crippen LogP contribution in [0, 0.1) is 6.92 Å². The maximum absolute atomic E-state index is 13.4. The second-order valence-corrected chi connectivity index (χ2v) is 11.0. The first-order valence-corrected chi connectivity index (χ1v) is 13.4. The van der Waals surface area contributed by atoms with Crippen molar-refractivity contribution in [2.24, 2.45) is 0 Å². The number of halogens is 3. The van der Waals surface area contributed by atoms with Crippen molar-refractivity contribution in [2.45, 2.75) is 31.0 Å². The topological polar surface area (TPSA) is 43.9 Å². The fraction of sp³-hybridized carbons (Fsp3) is 0.267. The largest absolute Gasteiger partial charge is 0.416 e. The van der Waals surface area contributed by atoms with Gasteiger partial charge in [0.2, 0.25) is 0 Å². The van der Waals surface area contributed by atoms with Crippen LogP contribution in [0.2, 0.25) is 0 Å². The lowest BCUT2D eigenvalue weighted by Crippen LogP contribution is -2.53. The van der Waals surface area contributed by atoms with Gasteiger partial charge in [0.25, 0.3) is 11.8 Å². The van der Waals surface area contributed by atoms with E-state index in [0.29, 0.717) is 34.8 Å². The Morgan fingerprint density at radius 2 is 1.69 bits per heavy atom. The Bertz CT molecular complexity index is 1440. The molecular formula is C30H28F3N3O2S. The number of hydrogen-bond donors (Lipinski definition) is 0. The first-order valence-electron chi connectivity index (χ1n) is 12.6. The molecule has 0 N–H and O–H groups in total. The highest BCUT2D eigenvalue weighted by atomic mass is 32.2. The van der Waals surface area contributed by atoms with Crippen molar-refractivity contribution in [2.75, 3.05) is 36.5 Å². The molecule has 1 atom stereocenters. The number of nitrogens with zero attached hydrogens (tertiary/aromatic N) is 3. The maximum Gasteiger partial charge on any atom is 0.416 e. The number of amides is 2. The number of hydrogen-bond acceptors (Lipinski definition) is 4. The molecule has 1 saturated heterocycles. The zero-order valence-electron chi connectivity index (χ0n) is 21.8. The lowest BCUT2D eigenvalue weighted by Gasteiger charge is -2.41. The summed E-state index contributed by atoms with van der Waals surface area (Å²) in [5, 5.41) is 0. The first-order chi connectivity index (χ1) is 18.5. The molecule has 39 heavy (non-hydrogen) atoms. The highest BCUT2D eigenvalue weighted by molar-refractivity contribution is 8.04. The average molecular weight is 552 g/mol. The third-order valence-electron chi connectivity index (χ3n) is 7.12. The number of benzene rings is 3. The van der Waals surface area contributed by atoms with Gasteiger partial charge in [0.1, 0.15) is 0 Å². The molecule has 5 rings (SSSR count). The molecule has 3 aromatic carbocycles. The lowest BCUT2D eigenvalue weighted by atomic mass is 10.1. The number of thioether (sulfide) groups is 1. The van der Waals surface area contributed by atoms with Gasteiger partial charge in [-0.1, -0.05) is 41.6 Å². The molecular weight excluding hydrogens is 523 g/mol. The van der Waals surface area contributed by atoms with Gasteiger partial charge in [-0.2, -0.15) is 13.2 Å². The SMILES string of the molecule is Cc1ccc(N2CCN(C(=O)c3ccc4c(c3)N(C)C(=O)/C(=C/c3ccc(C(F)(F)F)cc3)S4)CC2C)cc1. The molecule has 0 aliphatic carbocycles. The molecule has 0 saturated carbocycles. The fourth-order valence-corrected chi connectivity index (χ4v) is 5.98. The molecule has 0 aromatic heterocycles. The van der Waals surface area contributed by atoms with Crippen molar-refractivity contribution in [3.05, 3.63) is 93.9 Å². The van der Waals surface area contributed by atoms with Gasteiger partial charge < -0.3 is 14.7 Å². The Morgan fingerprint density at radius 1 is 1.00 bits per heavy atom. The van der Waals surface area contributed by atoms with E-state index in [4.69, 9.17) is 0 Å². The molecule has 0 spiro atoms. The van der Waals surface area contributed by atoms with Crippen molar-refractivity contribution >= 4 is 41.0 Å². The third kappa shape index (κ3) is 5.54. The van der Waals surface area contributed by atoms with Gasteiger partial charge in [0.05, 0.1) is 16.2 Å². The van der Waals surface area contributed by atoms with Gasteiger partial charge in [-0.25, -0.2) is 0 Å². The lowest BCUT2D eigenvalue weighted by molar-refractivity contribution is -0.137. The molecule has 9 heteroatoms. The van der Waals surface area contributed by atoms with E-state index in [0.717, 1.165) is 29.3 Å². The van der Waals surface area contributed by atoms with Gasteiger partial charge in [-0.15, -0.1) is 0 Å². The predicted molar refractivity (Wildman–Crippen MR) is 149 cm³/mol. The summed E-state index contributed by atoms with van der Waals surface area (Å²) in [6.45, 7) is 6.08. The van der Waals surface area contributed by atoms with Crippen LogP contribution in [0.3, 0.4) is 0 Å². The summed E-state index contributed by atoms with van der Waals surface area (Å²) in [5.74, 6) is -0.359. The summed E-state index contributed by atoms with van der Waals surface area (Å²) in [7, 11) is 1.64. The van der Waals surface area contributed by atoms with E-state index >= 15 is 0 Å². The molecule has 2 aliphatic heterocycles. The normalized spacial score (nSPS) is 18.9. The van der Waals surface area contributed by atoms with Crippen LogP contribution in [0.1, 0.15) is 34.0 Å². The van der Waals surface area contributed by atoms with Crippen molar-refractivity contribution in [1.29, 1.82) is 0 Å². The van der Waals surface area contributed by atoms with E-state index in [2.05, 4.69) is 43.0 Å². The highest BCUT2D eigenvalue weighted by Gasteiger charge is 2.32. The number of carbonyl (C=O) groups is 2. The van der Waals surface area contributed by atoms with Gasteiger partial charge >= 0.3 is 6.18 Å². The van der Waals surface area contributed by atoms with Crippen molar-refractivity contribution in [3.63, 3.8) is 0 Å². The number of aryl methyl sites for hydroxylation is 1. The zero-order valence-corrected chi connectivity index (χ0v) is 22.6. The van der Waals surface area contributed by atoms with E-state index in [9.17, 15) is 22.8 Å². The number of anilines is 2. The molecule has 1 unspecified atom stereocenters. The molecule has 0 bridgehead atoms. The van der Waals surface area contributed by atoms with E-state index in [1.807, 2.05) is 11.0 Å². The molecule has 2 amide bonds. The van der Waals surface area contributed by atoms with Crippen LogP contribution in [0.4, 0.5) is 24.5 Å². The number of piperazine rings is 1. The number of likely N-dealkylation sites (N-methyl/N-ethyl adjacent to an activating group) is 1. The Labute approximate surface area is 229 Å². The smallest absolute Gasteiger partial charge is 0.365 e. The summed E-state index contributed by atoms with van der Waals surface area (Å²) in [5.41, 5.74) is 3.26. The van der Waals surface area contributed by atoms with Crippen molar-refractivity contribution in [3.8, 4) is 0 Å². The fourth-order valence-electron chi connectivity index (χ4n) is 4.89. The molecule has 5 nitrogen and oxygen atoms in total. The quantitative estimate of drug-likeness (QED) is 0.350. The Kier molecular flexibility index (Phi) is 7.20. The standard InChI is InChI=1S/C30H28F3N3O2S/c1-19-4-11-24(12-5-19)36-15-14-35(18-20(36)2)28(37)22-8-13-26-25(17-22)34(3)29(38)27(39-26)16-21-6-9-23(10-7-21)30(31,32)33/h4-13,16-17,20H,14-15,18H2,1-3H3/b27-16-. The van der Waals surface area contributed by atoms with E-state index in [-0.39, 0.29) is 17.9 Å². The van der Waals surface area contributed by atoms with Gasteiger partial charge in [-0.05, 0) is 68.0 Å². The molecule has 202 valence electrons. The molecule has 2 heterocycles. The van der Waals surface area contributed by atoms with Crippen LogP contribution >= 0.6 is 11.8 Å². The van der Waals surface area contributed by atoms with Gasteiger partial charge in [-0.3, -0.25) is 9.59 Å². The Balaban J connectivity index is 1.31. The van der Waals surface area contributed by atoms with Crippen LogP contribution in [0.5, 0.6) is 0 Å². The number of rotatable bonds is 3. The third-order valence-corrected chi connectivity index (χ3v) is 8.20. The van der Waals surface area contributed by atoms with E-state index in [1.165, 1.54) is 34.4 Å². The summed E-state index contributed by atoms with van der Waals surface area (Å²) < 4.78 is 38.6. The summed E-state index contributed by atoms with van der Waals surface area (Å²) in [4.78, 5) is 33.3. The second kappa shape index (κ2) is 10.4. The number of carbonyl (C=O) groups excluding carboxylic acids is 2. The van der Waals surface area contributed by atoms with Crippen molar-refractivity contribution in [1.82, 2.24) is 4.90 Å². The predicted octanol–water partition coefficient (Wildman–Crippen LogP) is 6.47. The van der Waals surface area contributed by atoms with Crippen LogP contribution in [-0.2, 0) is 11.0 Å². The van der Waals surface area contributed by atoms with Crippen LogP contribution < -0.4 is 9.80 Å². The van der Waals surface area contributed by atoms with Crippen LogP contribution in [-0.4, -0.2) is 49.4 Å². The second-order valence-electron chi connectivity index (χ2n) is 9.91. The van der Waals surface area contributed by atoms with E-state index in [1.54, 1.807) is 25.3 Å². The van der Waals surface area contributed by atoms with Gasteiger partial charge in [0, 0.05) is 48.9 Å². The van der Waals surface area contributed by atoms with Crippen molar-refractivity contribution < 1.29 is 22.8 Å². The van der Waals surface area contributed by atoms with Crippen LogP contribution in [0.25, 0.3) is 6.08 Å². The average Bonchev–Trinajstić information content (AvgIpc) is 2.91. The molecule has 0 radical (unpaired) electrons. The maximum atomic E-state index is 13.4. The monoisotopic (exact) mass is 551 g/mol. The van der Waals surface area contributed by atoms with Crippen LogP contribution in [0.15, 0.2) is 76.5 Å². The van der Waals surface area contributed by atoms with Gasteiger partial charge in [0.15, 0.2) is 0 Å². The highest BCUT2D eigenvalue weighted by Crippen LogP contribution is 2.42. The summed E-state index contributed by atoms with van der Waals surface area (Å²) >= 11 is 1.24. The zero-order chi connectivity index (χ0) is 27.9.